The number of phenolic OH excluding ortho intramolecular Hbond substituents is 2. The Morgan fingerprint density at radius 3 is 2.67 bits per heavy atom. The molecular weight excluding hydrogens is 346 g/mol. The Bertz CT molecular complexity index is 1040. The Morgan fingerprint density at radius 1 is 1.15 bits per heavy atom. The fraction of sp³-hybridized carbons (Fsp3) is 0.105. The number of aromatic nitrogens is 3. The number of benzene rings is 2. The van der Waals surface area contributed by atoms with E-state index in [0.29, 0.717) is 28.5 Å². The van der Waals surface area contributed by atoms with Crippen molar-refractivity contribution in [2.75, 3.05) is 10.6 Å². The Balaban J connectivity index is 1.79. The molecule has 2 aromatic carbocycles. The summed E-state index contributed by atoms with van der Waals surface area (Å²) in [5, 5.41) is 29.7. The summed E-state index contributed by atoms with van der Waals surface area (Å²) in [5.74, 6) is -0.318. The molecule has 3 aromatic rings. The van der Waals surface area contributed by atoms with Crippen molar-refractivity contribution in [3.05, 3.63) is 71.7 Å². The number of nitrogens with zero attached hydrogens (tertiary/aromatic N) is 3. The SMILES string of the molecule is CC1=C(C(=O)Nc2ccccc2)[C@H](c2ccc(O)c(O)c2)n2ncnc2N1. The van der Waals surface area contributed by atoms with Gasteiger partial charge >= 0.3 is 0 Å². The van der Waals surface area contributed by atoms with Crippen LogP contribution in [0.2, 0.25) is 0 Å². The third-order valence-corrected chi connectivity index (χ3v) is 4.39. The van der Waals surface area contributed by atoms with Crippen molar-refractivity contribution in [3.8, 4) is 11.5 Å². The molecule has 0 unspecified atom stereocenters. The Morgan fingerprint density at radius 2 is 1.93 bits per heavy atom. The van der Waals surface area contributed by atoms with Gasteiger partial charge in [-0.3, -0.25) is 4.79 Å². The van der Waals surface area contributed by atoms with Gasteiger partial charge in [0.1, 0.15) is 12.4 Å². The molecule has 8 heteroatoms. The van der Waals surface area contributed by atoms with Crippen LogP contribution in [0.15, 0.2) is 66.1 Å². The third kappa shape index (κ3) is 2.97. The number of nitrogens with one attached hydrogen (secondary N) is 2. The lowest BCUT2D eigenvalue weighted by molar-refractivity contribution is -0.113. The lowest BCUT2D eigenvalue weighted by Gasteiger charge is -2.28. The number of fused-ring (bicyclic) bond motifs is 1. The summed E-state index contributed by atoms with van der Waals surface area (Å²) in [7, 11) is 0. The van der Waals surface area contributed by atoms with Gasteiger partial charge < -0.3 is 20.8 Å². The standard InChI is InChI=1S/C19H17N5O3/c1-11-16(18(27)23-13-5-3-2-4-6-13)17(24-19(22-11)20-10-21-24)12-7-8-14(25)15(26)9-12/h2-10,17,25-26H,1H3,(H,23,27)(H,20,21,22)/t17-/m0/s1. The van der Waals surface area contributed by atoms with E-state index in [0.717, 1.165) is 0 Å². The Labute approximate surface area is 154 Å². The minimum absolute atomic E-state index is 0.234. The van der Waals surface area contributed by atoms with Crippen LogP contribution < -0.4 is 10.6 Å². The zero-order chi connectivity index (χ0) is 19.0. The van der Waals surface area contributed by atoms with Gasteiger partial charge in [0, 0.05) is 11.4 Å². The number of hydrogen-bond donors (Lipinski definition) is 4. The van der Waals surface area contributed by atoms with Crippen LogP contribution in [-0.2, 0) is 4.79 Å². The average Bonchev–Trinajstić information content (AvgIpc) is 3.11. The number of phenols is 2. The number of aromatic hydroxyl groups is 2. The van der Waals surface area contributed by atoms with Crippen molar-refractivity contribution in [1.82, 2.24) is 14.8 Å². The van der Waals surface area contributed by atoms with Crippen LogP contribution in [0, 0.1) is 0 Å². The topological polar surface area (TPSA) is 112 Å². The molecule has 1 atom stereocenters. The van der Waals surface area contributed by atoms with Gasteiger partial charge in [0.05, 0.1) is 5.57 Å². The monoisotopic (exact) mass is 363 g/mol. The largest absolute Gasteiger partial charge is 0.504 e. The Hall–Kier alpha value is -3.81. The maximum Gasteiger partial charge on any atom is 0.255 e. The van der Waals surface area contributed by atoms with Crippen LogP contribution in [0.5, 0.6) is 11.5 Å². The van der Waals surface area contributed by atoms with Crippen molar-refractivity contribution in [2.24, 2.45) is 0 Å². The lowest BCUT2D eigenvalue weighted by Crippen LogP contribution is -2.31. The molecule has 0 saturated heterocycles. The molecule has 1 aliphatic heterocycles. The van der Waals surface area contributed by atoms with Crippen LogP contribution in [0.3, 0.4) is 0 Å². The molecule has 0 bridgehead atoms. The molecule has 1 aliphatic rings. The second kappa shape index (κ2) is 6.49. The molecule has 4 rings (SSSR count). The highest BCUT2D eigenvalue weighted by molar-refractivity contribution is 6.06. The molecule has 0 fully saturated rings. The Kier molecular flexibility index (Phi) is 4.00. The highest BCUT2D eigenvalue weighted by atomic mass is 16.3. The number of amides is 1. The number of hydrogen-bond acceptors (Lipinski definition) is 6. The molecule has 2 heterocycles. The van der Waals surface area contributed by atoms with Gasteiger partial charge in [-0.2, -0.15) is 10.1 Å². The maximum atomic E-state index is 13.1. The molecule has 0 spiro atoms. The number of anilines is 2. The summed E-state index contributed by atoms with van der Waals surface area (Å²) in [4.78, 5) is 17.2. The van der Waals surface area contributed by atoms with E-state index in [1.807, 2.05) is 18.2 Å². The van der Waals surface area contributed by atoms with Crippen LogP contribution in [-0.4, -0.2) is 30.9 Å². The van der Waals surface area contributed by atoms with Crippen molar-refractivity contribution in [3.63, 3.8) is 0 Å². The number of allylic oxidation sites excluding steroid dienone is 1. The minimum Gasteiger partial charge on any atom is -0.504 e. The number of carbonyl (C=O) groups excluding carboxylic acids is 1. The van der Waals surface area contributed by atoms with E-state index in [4.69, 9.17) is 0 Å². The van der Waals surface area contributed by atoms with E-state index < -0.39 is 6.04 Å². The first-order valence-corrected chi connectivity index (χ1v) is 8.30. The van der Waals surface area contributed by atoms with Gasteiger partial charge in [-0.05, 0) is 36.8 Å². The first-order chi connectivity index (χ1) is 13.0. The predicted octanol–water partition coefficient (Wildman–Crippen LogP) is 2.62. The quantitative estimate of drug-likeness (QED) is 0.532. The number of carbonyl (C=O) groups is 1. The average molecular weight is 363 g/mol. The normalized spacial score (nSPS) is 15.8. The first kappa shape index (κ1) is 16.6. The summed E-state index contributed by atoms with van der Waals surface area (Å²) in [6, 6.07) is 13.0. The highest BCUT2D eigenvalue weighted by Crippen LogP contribution is 2.38. The van der Waals surface area contributed by atoms with E-state index in [1.165, 1.54) is 18.5 Å². The van der Waals surface area contributed by atoms with Gasteiger partial charge in [-0.25, -0.2) is 4.68 Å². The molecule has 27 heavy (non-hydrogen) atoms. The maximum absolute atomic E-state index is 13.1. The summed E-state index contributed by atoms with van der Waals surface area (Å²) >= 11 is 0. The van der Waals surface area contributed by atoms with Crippen molar-refractivity contribution >= 4 is 17.5 Å². The van der Waals surface area contributed by atoms with E-state index >= 15 is 0 Å². The van der Waals surface area contributed by atoms with Crippen LogP contribution in [0.1, 0.15) is 18.5 Å². The van der Waals surface area contributed by atoms with E-state index in [1.54, 1.807) is 29.8 Å². The third-order valence-electron chi connectivity index (χ3n) is 4.39. The predicted molar refractivity (Wildman–Crippen MR) is 99.3 cm³/mol. The molecule has 8 nitrogen and oxygen atoms in total. The van der Waals surface area contributed by atoms with Crippen LogP contribution in [0.25, 0.3) is 0 Å². The molecule has 0 aliphatic carbocycles. The first-order valence-electron chi connectivity index (χ1n) is 8.30. The van der Waals surface area contributed by atoms with Gasteiger partial charge in [-0.1, -0.05) is 24.3 Å². The van der Waals surface area contributed by atoms with Gasteiger partial charge in [0.2, 0.25) is 5.95 Å². The fourth-order valence-electron chi connectivity index (χ4n) is 3.12. The zero-order valence-corrected chi connectivity index (χ0v) is 14.4. The highest BCUT2D eigenvalue weighted by Gasteiger charge is 2.33. The van der Waals surface area contributed by atoms with E-state index in [9.17, 15) is 15.0 Å². The van der Waals surface area contributed by atoms with Gasteiger partial charge in [-0.15, -0.1) is 0 Å². The summed E-state index contributed by atoms with van der Waals surface area (Å²) in [6.07, 6.45) is 1.39. The van der Waals surface area contributed by atoms with Crippen molar-refractivity contribution in [2.45, 2.75) is 13.0 Å². The van der Waals surface area contributed by atoms with Gasteiger partial charge in [0.15, 0.2) is 11.5 Å². The molecule has 136 valence electrons. The molecule has 0 saturated carbocycles. The van der Waals surface area contributed by atoms with Crippen LogP contribution in [0.4, 0.5) is 11.6 Å². The molecule has 1 aromatic heterocycles. The van der Waals surface area contributed by atoms with Crippen molar-refractivity contribution < 1.29 is 15.0 Å². The van der Waals surface area contributed by atoms with E-state index in [2.05, 4.69) is 20.7 Å². The fourth-order valence-corrected chi connectivity index (χ4v) is 3.12. The lowest BCUT2D eigenvalue weighted by atomic mass is 9.94. The van der Waals surface area contributed by atoms with Gasteiger partial charge in [0.25, 0.3) is 5.91 Å². The molecular formula is C19H17N5O3. The zero-order valence-electron chi connectivity index (χ0n) is 14.4. The minimum atomic E-state index is -0.612. The molecule has 4 N–H and O–H groups in total. The van der Waals surface area contributed by atoms with Crippen molar-refractivity contribution in [1.29, 1.82) is 0 Å². The summed E-state index contributed by atoms with van der Waals surface area (Å²) in [6.45, 7) is 1.78. The summed E-state index contributed by atoms with van der Waals surface area (Å²) in [5.41, 5.74) is 2.32. The smallest absolute Gasteiger partial charge is 0.255 e. The molecule has 1 amide bonds. The van der Waals surface area contributed by atoms with E-state index in [-0.39, 0.29) is 17.4 Å². The second-order valence-corrected chi connectivity index (χ2v) is 6.16. The second-order valence-electron chi connectivity index (χ2n) is 6.16. The summed E-state index contributed by atoms with van der Waals surface area (Å²) < 4.78 is 1.57. The number of para-hydroxylation sites is 1. The van der Waals surface area contributed by atoms with Crippen LogP contribution >= 0.6 is 0 Å². The number of rotatable bonds is 3. The molecule has 0 radical (unpaired) electrons.